The van der Waals surface area contributed by atoms with E-state index in [2.05, 4.69) is 15.5 Å². The van der Waals surface area contributed by atoms with Gasteiger partial charge in [-0.1, -0.05) is 69.8 Å². The third-order valence-corrected chi connectivity index (χ3v) is 6.42. The Hall–Kier alpha value is -1.15. The monoisotopic (exact) mass is 494 g/mol. The van der Waals surface area contributed by atoms with Crippen molar-refractivity contribution in [3.63, 3.8) is 0 Å². The Labute approximate surface area is 190 Å². The number of rotatable bonds is 5. The minimum atomic E-state index is -0.274. The van der Waals surface area contributed by atoms with E-state index >= 15 is 0 Å². The van der Waals surface area contributed by atoms with E-state index in [1.807, 2.05) is 0 Å². The number of amides is 1. The highest BCUT2D eigenvalue weighted by molar-refractivity contribution is 7.99. The van der Waals surface area contributed by atoms with E-state index in [1.165, 1.54) is 23.9 Å². The zero-order valence-electron chi connectivity index (χ0n) is 14.1. The molecule has 1 aromatic heterocycles. The zero-order chi connectivity index (χ0) is 20.4. The molecule has 0 atom stereocenters. The van der Waals surface area contributed by atoms with Crippen LogP contribution in [0.5, 0.6) is 0 Å². The van der Waals surface area contributed by atoms with Gasteiger partial charge in [0.1, 0.15) is 0 Å². The average Bonchev–Trinajstić information content (AvgIpc) is 3.01. The van der Waals surface area contributed by atoms with Crippen LogP contribution in [0.2, 0.25) is 25.1 Å². The fraction of sp³-hybridized carbons (Fsp3) is 0.118. The Kier molecular flexibility index (Phi) is 7.02. The molecule has 28 heavy (non-hydrogen) atoms. The maximum atomic E-state index is 12.2. The molecular formula is C17H11Cl5N4OS. The predicted octanol–water partition coefficient (Wildman–Crippen LogP) is 6.48. The molecule has 3 aromatic rings. The molecule has 0 radical (unpaired) electrons. The summed E-state index contributed by atoms with van der Waals surface area (Å²) in [5, 5.41) is 13.3. The highest BCUT2D eigenvalue weighted by atomic mass is 35.5. The fourth-order valence-electron chi connectivity index (χ4n) is 2.26. The number of carbonyl (C=O) groups excluding carboxylic acids is 1. The highest BCUT2D eigenvalue weighted by Gasteiger charge is 2.15. The van der Waals surface area contributed by atoms with Gasteiger partial charge in [0.05, 0.1) is 36.6 Å². The van der Waals surface area contributed by atoms with E-state index in [-0.39, 0.29) is 11.7 Å². The van der Waals surface area contributed by atoms with E-state index in [0.717, 1.165) is 5.56 Å². The van der Waals surface area contributed by atoms with Gasteiger partial charge in [-0.05, 0) is 30.3 Å². The Morgan fingerprint density at radius 2 is 1.64 bits per heavy atom. The van der Waals surface area contributed by atoms with Gasteiger partial charge in [0.25, 0.3) is 0 Å². The van der Waals surface area contributed by atoms with Crippen molar-refractivity contribution in [3.8, 4) is 11.4 Å². The van der Waals surface area contributed by atoms with Crippen molar-refractivity contribution in [3.05, 3.63) is 55.4 Å². The van der Waals surface area contributed by atoms with Crippen LogP contribution in [-0.4, -0.2) is 26.4 Å². The molecule has 5 nitrogen and oxygen atoms in total. The van der Waals surface area contributed by atoms with Gasteiger partial charge >= 0.3 is 0 Å². The third-order valence-electron chi connectivity index (χ3n) is 3.63. The van der Waals surface area contributed by atoms with E-state index in [4.69, 9.17) is 58.0 Å². The maximum absolute atomic E-state index is 12.2. The van der Waals surface area contributed by atoms with Gasteiger partial charge in [-0.2, -0.15) is 0 Å². The lowest BCUT2D eigenvalue weighted by molar-refractivity contribution is -0.113. The first-order valence-corrected chi connectivity index (χ1v) is 10.6. The topological polar surface area (TPSA) is 59.8 Å². The van der Waals surface area contributed by atoms with Crippen LogP contribution in [0.4, 0.5) is 5.69 Å². The van der Waals surface area contributed by atoms with E-state index in [0.29, 0.717) is 41.8 Å². The van der Waals surface area contributed by atoms with Crippen LogP contribution in [0.25, 0.3) is 11.4 Å². The van der Waals surface area contributed by atoms with Crippen LogP contribution in [0.1, 0.15) is 0 Å². The van der Waals surface area contributed by atoms with Crippen molar-refractivity contribution in [1.29, 1.82) is 0 Å². The normalized spacial score (nSPS) is 10.9. The molecule has 0 saturated heterocycles. The van der Waals surface area contributed by atoms with Gasteiger partial charge in [0.2, 0.25) is 5.91 Å². The number of thioether (sulfide) groups is 1. The van der Waals surface area contributed by atoms with Gasteiger partial charge in [-0.3, -0.25) is 4.79 Å². The van der Waals surface area contributed by atoms with E-state index in [9.17, 15) is 4.79 Å². The molecule has 0 aliphatic carbocycles. The number of aromatic nitrogens is 3. The first-order valence-electron chi connectivity index (χ1n) is 7.68. The minimum absolute atomic E-state index is 0.101. The Balaban J connectivity index is 1.68. The molecule has 0 unspecified atom stereocenters. The van der Waals surface area contributed by atoms with E-state index < -0.39 is 0 Å². The summed E-state index contributed by atoms with van der Waals surface area (Å²) in [7, 11) is 1.80. The molecular weight excluding hydrogens is 486 g/mol. The first-order chi connectivity index (χ1) is 13.3. The third kappa shape index (κ3) is 4.87. The van der Waals surface area contributed by atoms with Gasteiger partial charge in [0, 0.05) is 12.6 Å². The van der Waals surface area contributed by atoms with Crippen molar-refractivity contribution in [2.75, 3.05) is 11.1 Å². The molecule has 0 aliphatic heterocycles. The van der Waals surface area contributed by atoms with Crippen LogP contribution in [0.3, 0.4) is 0 Å². The molecule has 1 N–H and O–H groups in total. The lowest BCUT2D eigenvalue weighted by Gasteiger charge is -2.09. The summed E-state index contributed by atoms with van der Waals surface area (Å²) in [5.41, 5.74) is 1.15. The Morgan fingerprint density at radius 3 is 2.36 bits per heavy atom. The van der Waals surface area contributed by atoms with Crippen LogP contribution < -0.4 is 5.32 Å². The lowest BCUT2D eigenvalue weighted by Crippen LogP contribution is -2.14. The molecule has 0 bridgehead atoms. The first kappa shape index (κ1) is 21.6. The van der Waals surface area contributed by atoms with Crippen molar-refractivity contribution in [2.24, 2.45) is 7.05 Å². The molecule has 2 aromatic carbocycles. The molecule has 0 saturated carbocycles. The number of carbonyl (C=O) groups is 1. The number of nitrogens with one attached hydrogen (secondary N) is 1. The summed E-state index contributed by atoms with van der Waals surface area (Å²) in [5.74, 6) is 0.433. The predicted molar refractivity (Wildman–Crippen MR) is 117 cm³/mol. The van der Waals surface area contributed by atoms with Crippen LogP contribution in [0.15, 0.2) is 35.5 Å². The minimum Gasteiger partial charge on any atom is -0.324 e. The van der Waals surface area contributed by atoms with Gasteiger partial charge < -0.3 is 9.88 Å². The second-order valence-electron chi connectivity index (χ2n) is 5.58. The van der Waals surface area contributed by atoms with Crippen molar-refractivity contribution >= 4 is 81.4 Å². The molecule has 146 valence electrons. The molecule has 3 rings (SSSR count). The van der Waals surface area contributed by atoms with Crippen LogP contribution in [0, 0.1) is 0 Å². The molecule has 1 amide bonds. The summed E-state index contributed by atoms with van der Waals surface area (Å²) in [6.07, 6.45) is 0. The molecule has 0 spiro atoms. The summed E-state index contributed by atoms with van der Waals surface area (Å²) in [6, 6.07) is 8.17. The summed E-state index contributed by atoms with van der Waals surface area (Å²) in [4.78, 5) is 12.2. The summed E-state index contributed by atoms with van der Waals surface area (Å²) in [6.45, 7) is 0. The zero-order valence-corrected chi connectivity index (χ0v) is 18.7. The van der Waals surface area contributed by atoms with Crippen LogP contribution in [-0.2, 0) is 11.8 Å². The molecule has 0 fully saturated rings. The molecule has 11 heteroatoms. The largest absolute Gasteiger partial charge is 0.324 e. The standard InChI is InChI=1S/C17H11Cl5N4OS/c1-26-16(8-2-3-9(18)10(19)4-8)24-25-17(26)28-7-15(27)23-14-6-12(21)11(20)5-13(14)22/h2-6H,7H2,1H3,(H,23,27). The quantitative estimate of drug-likeness (QED) is 0.324. The average molecular weight is 497 g/mol. The Bertz CT molecular complexity index is 1060. The maximum Gasteiger partial charge on any atom is 0.234 e. The Morgan fingerprint density at radius 1 is 0.964 bits per heavy atom. The fourth-order valence-corrected chi connectivity index (χ4v) is 3.87. The smallest absolute Gasteiger partial charge is 0.234 e. The van der Waals surface area contributed by atoms with Crippen molar-refractivity contribution in [1.82, 2.24) is 14.8 Å². The van der Waals surface area contributed by atoms with Crippen LogP contribution >= 0.6 is 69.8 Å². The number of hydrogen-bond acceptors (Lipinski definition) is 4. The number of nitrogens with zero attached hydrogens (tertiary/aromatic N) is 3. The van der Waals surface area contributed by atoms with Gasteiger partial charge in [-0.25, -0.2) is 0 Å². The number of anilines is 1. The van der Waals surface area contributed by atoms with Crippen molar-refractivity contribution in [2.45, 2.75) is 5.16 Å². The molecule has 0 aliphatic rings. The lowest BCUT2D eigenvalue weighted by atomic mass is 10.2. The van der Waals surface area contributed by atoms with Gasteiger partial charge in [-0.15, -0.1) is 10.2 Å². The number of hydrogen-bond donors (Lipinski definition) is 1. The number of halogens is 5. The highest BCUT2D eigenvalue weighted by Crippen LogP contribution is 2.33. The number of benzene rings is 2. The van der Waals surface area contributed by atoms with E-state index in [1.54, 1.807) is 29.8 Å². The molecule has 1 heterocycles. The SMILES string of the molecule is Cn1c(SCC(=O)Nc2cc(Cl)c(Cl)cc2Cl)nnc1-c1ccc(Cl)c(Cl)c1. The summed E-state index contributed by atoms with van der Waals surface area (Å²) >= 11 is 31.1. The second kappa shape index (κ2) is 9.11. The van der Waals surface area contributed by atoms with Gasteiger partial charge in [0.15, 0.2) is 11.0 Å². The summed E-state index contributed by atoms with van der Waals surface area (Å²) < 4.78 is 1.77. The van der Waals surface area contributed by atoms with Crippen molar-refractivity contribution < 1.29 is 4.79 Å². The second-order valence-corrected chi connectivity index (χ2v) is 8.56.